The van der Waals surface area contributed by atoms with E-state index < -0.39 is 0 Å². The first kappa shape index (κ1) is 15.5. The van der Waals surface area contributed by atoms with Gasteiger partial charge in [-0.05, 0) is 39.4 Å². The molecule has 0 radical (unpaired) electrons. The van der Waals surface area contributed by atoms with Gasteiger partial charge in [0.05, 0.1) is 5.69 Å². The van der Waals surface area contributed by atoms with Crippen LogP contribution in [0.15, 0.2) is 12.3 Å². The molecule has 1 N–H and O–H groups in total. The Labute approximate surface area is 123 Å². The van der Waals surface area contributed by atoms with Gasteiger partial charge in [0.1, 0.15) is 0 Å². The van der Waals surface area contributed by atoms with Crippen LogP contribution in [0.25, 0.3) is 0 Å². The van der Waals surface area contributed by atoms with Crippen LogP contribution in [0, 0.1) is 0 Å². The highest BCUT2D eigenvalue weighted by atomic mass is 15.3. The Kier molecular flexibility index (Phi) is 5.61. The van der Waals surface area contributed by atoms with Crippen molar-refractivity contribution in [2.75, 3.05) is 20.6 Å². The number of nitrogens with one attached hydrogen (secondary N) is 1. The lowest BCUT2D eigenvalue weighted by Gasteiger charge is -2.43. The maximum Gasteiger partial charge on any atom is 0.0522 e. The van der Waals surface area contributed by atoms with E-state index in [1.54, 1.807) is 0 Å². The van der Waals surface area contributed by atoms with Crippen LogP contribution in [0.3, 0.4) is 0 Å². The molecule has 2 rings (SSSR count). The molecule has 1 aliphatic rings. The summed E-state index contributed by atoms with van der Waals surface area (Å²) in [6, 6.07) is 2.13. The highest BCUT2D eigenvalue weighted by molar-refractivity contribution is 5.01. The molecule has 1 heterocycles. The third kappa shape index (κ3) is 3.61. The van der Waals surface area contributed by atoms with Crippen LogP contribution in [0.2, 0.25) is 0 Å². The van der Waals surface area contributed by atoms with Gasteiger partial charge in [-0.3, -0.25) is 4.68 Å². The maximum atomic E-state index is 4.39. The third-order valence-electron chi connectivity index (χ3n) is 4.73. The second-order valence-corrected chi connectivity index (χ2v) is 6.33. The Bertz CT molecular complexity index is 391. The van der Waals surface area contributed by atoms with Crippen molar-refractivity contribution in [2.45, 2.75) is 64.1 Å². The predicted molar refractivity (Wildman–Crippen MR) is 83.7 cm³/mol. The molecule has 0 atom stereocenters. The first-order valence-electron chi connectivity index (χ1n) is 8.07. The minimum absolute atomic E-state index is 0.355. The van der Waals surface area contributed by atoms with Crippen molar-refractivity contribution in [3.63, 3.8) is 0 Å². The van der Waals surface area contributed by atoms with Gasteiger partial charge >= 0.3 is 0 Å². The van der Waals surface area contributed by atoms with E-state index in [4.69, 9.17) is 0 Å². The zero-order valence-electron chi connectivity index (χ0n) is 13.4. The zero-order valence-corrected chi connectivity index (χ0v) is 13.4. The Morgan fingerprint density at radius 2 is 2.05 bits per heavy atom. The minimum Gasteiger partial charge on any atom is -0.309 e. The highest BCUT2D eigenvalue weighted by Crippen LogP contribution is 2.31. The molecule has 0 aromatic carbocycles. The molecule has 0 spiro atoms. The normalized spacial score (nSPS) is 18.6. The van der Waals surface area contributed by atoms with Gasteiger partial charge in [-0.25, -0.2) is 0 Å². The number of nitrogens with zero attached hydrogens (tertiary/aromatic N) is 3. The van der Waals surface area contributed by atoms with Crippen LogP contribution >= 0.6 is 0 Å². The minimum atomic E-state index is 0.355. The molecular weight excluding hydrogens is 248 g/mol. The van der Waals surface area contributed by atoms with Gasteiger partial charge in [0.15, 0.2) is 0 Å². The second kappa shape index (κ2) is 7.23. The van der Waals surface area contributed by atoms with Gasteiger partial charge < -0.3 is 10.2 Å². The summed E-state index contributed by atoms with van der Waals surface area (Å²) in [5.74, 6) is 0. The Morgan fingerprint density at radius 3 is 2.70 bits per heavy atom. The van der Waals surface area contributed by atoms with Gasteiger partial charge in [-0.15, -0.1) is 0 Å². The molecule has 114 valence electrons. The van der Waals surface area contributed by atoms with Crippen molar-refractivity contribution in [1.29, 1.82) is 0 Å². The average Bonchev–Trinajstić information content (AvgIpc) is 2.88. The topological polar surface area (TPSA) is 33.1 Å². The summed E-state index contributed by atoms with van der Waals surface area (Å²) in [5.41, 5.74) is 1.66. The summed E-state index contributed by atoms with van der Waals surface area (Å²) in [6.07, 6.45) is 9.83. The van der Waals surface area contributed by atoms with Crippen molar-refractivity contribution < 1.29 is 0 Å². The Balaban J connectivity index is 1.88. The van der Waals surface area contributed by atoms with E-state index in [1.807, 2.05) is 6.20 Å². The lowest BCUT2D eigenvalue weighted by molar-refractivity contribution is 0.0981. The van der Waals surface area contributed by atoms with Crippen molar-refractivity contribution in [1.82, 2.24) is 20.0 Å². The van der Waals surface area contributed by atoms with Gasteiger partial charge in [-0.1, -0.05) is 26.2 Å². The number of hydrogen-bond donors (Lipinski definition) is 1. The SMILES string of the molecule is CCCn1nccc1CNCC1(N(C)C)CCCCC1. The summed E-state index contributed by atoms with van der Waals surface area (Å²) in [7, 11) is 4.46. The average molecular weight is 278 g/mol. The second-order valence-electron chi connectivity index (χ2n) is 6.33. The number of aromatic nitrogens is 2. The van der Waals surface area contributed by atoms with E-state index in [0.717, 1.165) is 26.1 Å². The highest BCUT2D eigenvalue weighted by Gasteiger charge is 2.33. The largest absolute Gasteiger partial charge is 0.309 e. The van der Waals surface area contributed by atoms with E-state index in [-0.39, 0.29) is 0 Å². The van der Waals surface area contributed by atoms with E-state index in [1.165, 1.54) is 37.8 Å². The Hall–Kier alpha value is -0.870. The van der Waals surface area contributed by atoms with Crippen molar-refractivity contribution in [2.24, 2.45) is 0 Å². The van der Waals surface area contributed by atoms with E-state index in [9.17, 15) is 0 Å². The molecule has 1 aliphatic carbocycles. The molecule has 0 amide bonds. The summed E-state index contributed by atoms with van der Waals surface area (Å²) >= 11 is 0. The van der Waals surface area contributed by atoms with Crippen LogP contribution in [0.5, 0.6) is 0 Å². The van der Waals surface area contributed by atoms with Crippen LogP contribution in [0.4, 0.5) is 0 Å². The molecule has 1 fully saturated rings. The number of aryl methyl sites for hydroxylation is 1. The molecular formula is C16H30N4. The fourth-order valence-corrected chi connectivity index (χ4v) is 3.34. The van der Waals surface area contributed by atoms with Crippen LogP contribution in [0.1, 0.15) is 51.1 Å². The molecule has 1 saturated carbocycles. The predicted octanol–water partition coefficient (Wildman–Crippen LogP) is 2.65. The number of likely N-dealkylation sites (N-methyl/N-ethyl adjacent to an activating group) is 1. The Morgan fingerprint density at radius 1 is 1.30 bits per heavy atom. The monoisotopic (exact) mass is 278 g/mol. The van der Waals surface area contributed by atoms with Crippen molar-refractivity contribution >= 4 is 0 Å². The molecule has 1 aromatic heterocycles. The standard InChI is InChI=1S/C16H30N4/c1-4-12-20-15(8-11-18-20)13-17-14-16(19(2)3)9-6-5-7-10-16/h8,11,17H,4-7,9-10,12-14H2,1-3H3. The summed E-state index contributed by atoms with van der Waals surface area (Å²) in [5, 5.41) is 8.07. The number of hydrogen-bond acceptors (Lipinski definition) is 3. The van der Waals surface area contributed by atoms with Gasteiger partial charge in [-0.2, -0.15) is 5.10 Å². The zero-order chi connectivity index (χ0) is 14.4. The third-order valence-corrected chi connectivity index (χ3v) is 4.73. The fourth-order valence-electron chi connectivity index (χ4n) is 3.34. The quantitative estimate of drug-likeness (QED) is 0.832. The molecule has 1 aromatic rings. The lowest BCUT2D eigenvalue weighted by Crippen LogP contribution is -2.52. The lowest BCUT2D eigenvalue weighted by atomic mass is 9.80. The van der Waals surface area contributed by atoms with Crippen LogP contribution < -0.4 is 5.32 Å². The van der Waals surface area contributed by atoms with Crippen LogP contribution in [-0.2, 0) is 13.1 Å². The molecule has 0 bridgehead atoms. The molecule has 4 heteroatoms. The fraction of sp³-hybridized carbons (Fsp3) is 0.812. The van der Waals surface area contributed by atoms with E-state index in [2.05, 4.69) is 47.1 Å². The molecule has 4 nitrogen and oxygen atoms in total. The van der Waals surface area contributed by atoms with E-state index in [0.29, 0.717) is 5.54 Å². The first-order chi connectivity index (χ1) is 9.68. The van der Waals surface area contributed by atoms with Gasteiger partial charge in [0.2, 0.25) is 0 Å². The number of rotatable bonds is 7. The molecule has 20 heavy (non-hydrogen) atoms. The smallest absolute Gasteiger partial charge is 0.0522 e. The summed E-state index contributed by atoms with van der Waals surface area (Å²) < 4.78 is 2.12. The maximum absolute atomic E-state index is 4.39. The molecule has 0 aliphatic heterocycles. The summed E-state index contributed by atoms with van der Waals surface area (Å²) in [4.78, 5) is 2.43. The van der Waals surface area contributed by atoms with Crippen molar-refractivity contribution in [3.05, 3.63) is 18.0 Å². The van der Waals surface area contributed by atoms with Gasteiger partial charge in [0.25, 0.3) is 0 Å². The van der Waals surface area contributed by atoms with Gasteiger partial charge in [0, 0.05) is 31.4 Å². The first-order valence-corrected chi connectivity index (χ1v) is 8.07. The molecule has 0 unspecified atom stereocenters. The van der Waals surface area contributed by atoms with Crippen LogP contribution in [-0.4, -0.2) is 40.9 Å². The summed E-state index contributed by atoms with van der Waals surface area (Å²) in [6.45, 7) is 5.22. The molecule has 0 saturated heterocycles. The van der Waals surface area contributed by atoms with Crippen molar-refractivity contribution in [3.8, 4) is 0 Å². The van der Waals surface area contributed by atoms with E-state index >= 15 is 0 Å².